The van der Waals surface area contributed by atoms with Gasteiger partial charge in [0.2, 0.25) is 0 Å². The third kappa shape index (κ3) is 7.68. The van der Waals surface area contributed by atoms with Crippen LogP contribution in [0.5, 0.6) is 0 Å². The van der Waals surface area contributed by atoms with Crippen LogP contribution in [0.3, 0.4) is 0 Å². The van der Waals surface area contributed by atoms with Gasteiger partial charge in [-0.1, -0.05) is 56.2 Å². The van der Waals surface area contributed by atoms with Crippen LogP contribution in [-0.2, 0) is 0 Å². The Balaban J connectivity index is 1.74. The van der Waals surface area contributed by atoms with Crippen LogP contribution in [0, 0.1) is 5.82 Å². The number of halogens is 2. The Morgan fingerprint density at radius 1 is 1.17 bits per heavy atom. The predicted octanol–water partition coefficient (Wildman–Crippen LogP) is 6.92. The van der Waals surface area contributed by atoms with Gasteiger partial charge in [0.25, 0.3) is 5.91 Å². The third-order valence-corrected chi connectivity index (χ3v) is 8.49. The Hall–Kier alpha value is -1.61. The maximum Gasteiger partial charge on any atom is 0.257 e. The minimum Gasteiger partial charge on any atom is -0.369 e. The first-order valence-electron chi connectivity index (χ1n) is 12.3. The highest BCUT2D eigenvalue weighted by Gasteiger charge is 2.21. The van der Waals surface area contributed by atoms with E-state index in [9.17, 15) is 4.79 Å². The van der Waals surface area contributed by atoms with Gasteiger partial charge in [0.15, 0.2) is 5.82 Å². The first-order chi connectivity index (χ1) is 17.0. The van der Waals surface area contributed by atoms with E-state index >= 15 is 4.39 Å². The van der Waals surface area contributed by atoms with E-state index in [0.29, 0.717) is 10.5 Å². The molecule has 1 aliphatic heterocycles. The van der Waals surface area contributed by atoms with E-state index in [-0.39, 0.29) is 16.6 Å². The van der Waals surface area contributed by atoms with Crippen LogP contribution in [0.15, 0.2) is 35.2 Å². The minimum atomic E-state index is -0.589. The van der Waals surface area contributed by atoms with Gasteiger partial charge >= 0.3 is 0 Å². The van der Waals surface area contributed by atoms with Gasteiger partial charge in [-0.2, -0.15) is 0 Å². The second-order valence-electron chi connectivity index (χ2n) is 8.57. The number of benzene rings is 2. The second-order valence-corrected chi connectivity index (χ2v) is 11.0. The number of nitrogens with zero attached hydrogens (tertiary/aromatic N) is 2. The average molecular weight is 539 g/mol. The van der Waals surface area contributed by atoms with Crippen molar-refractivity contribution >= 4 is 58.3 Å². The number of unbranched alkanes of at least 4 members (excludes halogenated alkanes) is 4. The van der Waals surface area contributed by atoms with Gasteiger partial charge in [-0.05, 0) is 42.5 Å². The van der Waals surface area contributed by atoms with E-state index in [0.717, 1.165) is 49.7 Å². The van der Waals surface area contributed by atoms with E-state index in [4.69, 9.17) is 11.6 Å². The summed E-state index contributed by atoms with van der Waals surface area (Å²) in [6.07, 6.45) is 7.90. The van der Waals surface area contributed by atoms with Crippen molar-refractivity contribution in [1.82, 2.24) is 5.32 Å². The highest BCUT2D eigenvalue weighted by molar-refractivity contribution is 8.00. The Morgan fingerprint density at radius 3 is 2.63 bits per heavy atom. The molecular weight excluding hydrogens is 503 g/mol. The molecule has 1 amide bonds. The van der Waals surface area contributed by atoms with Gasteiger partial charge in [0.1, 0.15) is 0 Å². The molecular formula is C26H36ClFN4OS2. The zero-order chi connectivity index (χ0) is 25.2. The van der Waals surface area contributed by atoms with Crippen LogP contribution in [-0.4, -0.2) is 51.1 Å². The maximum atomic E-state index is 15.1. The summed E-state index contributed by atoms with van der Waals surface area (Å²) < 4.78 is 17.1. The van der Waals surface area contributed by atoms with Crippen LogP contribution >= 0.6 is 35.3 Å². The van der Waals surface area contributed by atoms with Crippen LogP contribution in [0.2, 0.25) is 5.02 Å². The van der Waals surface area contributed by atoms with Gasteiger partial charge in [0, 0.05) is 50.1 Å². The van der Waals surface area contributed by atoms with Gasteiger partial charge in [-0.25, -0.2) is 4.39 Å². The normalized spacial score (nSPS) is 13.7. The molecule has 0 radical (unpaired) electrons. The number of nitrogens with one attached hydrogen (secondary N) is 2. The fourth-order valence-corrected chi connectivity index (χ4v) is 5.65. The lowest BCUT2D eigenvalue weighted by molar-refractivity contribution is 0.102. The number of rotatable bonds is 12. The van der Waals surface area contributed by atoms with E-state index < -0.39 is 5.82 Å². The molecule has 0 saturated carbocycles. The predicted molar refractivity (Wildman–Crippen MR) is 152 cm³/mol. The lowest BCUT2D eigenvalue weighted by atomic mass is 10.1. The molecule has 9 heteroatoms. The van der Waals surface area contributed by atoms with Crippen molar-refractivity contribution in [2.45, 2.75) is 43.9 Å². The quantitative estimate of drug-likeness (QED) is 0.174. The van der Waals surface area contributed by atoms with E-state index in [1.165, 1.54) is 37.6 Å². The summed E-state index contributed by atoms with van der Waals surface area (Å²) in [6.45, 7) is 5.76. The van der Waals surface area contributed by atoms with Gasteiger partial charge < -0.3 is 19.8 Å². The van der Waals surface area contributed by atoms with Crippen LogP contribution in [0.25, 0.3) is 0 Å². The highest BCUT2D eigenvalue weighted by Crippen LogP contribution is 2.35. The van der Waals surface area contributed by atoms with Crippen molar-refractivity contribution in [3.63, 3.8) is 0 Å². The van der Waals surface area contributed by atoms with Gasteiger partial charge in [-0.3, -0.25) is 4.79 Å². The zero-order valence-electron chi connectivity index (χ0n) is 20.8. The topological polar surface area (TPSA) is 47.6 Å². The van der Waals surface area contributed by atoms with Crippen molar-refractivity contribution in [2.75, 3.05) is 59.8 Å². The maximum absolute atomic E-state index is 15.1. The van der Waals surface area contributed by atoms with E-state index in [1.807, 2.05) is 35.8 Å². The second kappa shape index (κ2) is 14.2. The molecule has 2 aromatic carbocycles. The number of piperazine rings is 1. The standard InChI is InChI=1S/C26H36ClFN4OS2/c1-4-5-6-7-8-17-35-23-12-10-21(25(28)24(23)27)30-26(33)20-18-19(32-15-13-29-14-16-32)9-11-22(20)31(2)34-3/h9-12,18,29H,4-8,13-17H2,1-3H3,(H,30,33). The Kier molecular flexibility index (Phi) is 11.4. The van der Waals surface area contributed by atoms with Crippen molar-refractivity contribution in [2.24, 2.45) is 0 Å². The molecule has 0 spiro atoms. The summed E-state index contributed by atoms with van der Waals surface area (Å²) in [7, 11) is 1.91. The molecule has 1 fully saturated rings. The molecule has 3 rings (SSSR count). The number of thioether (sulfide) groups is 1. The highest BCUT2D eigenvalue weighted by atomic mass is 35.5. The lowest BCUT2D eigenvalue weighted by Gasteiger charge is -2.30. The largest absolute Gasteiger partial charge is 0.369 e. The molecule has 1 aliphatic rings. The van der Waals surface area contributed by atoms with Crippen LogP contribution in [0.4, 0.5) is 21.5 Å². The van der Waals surface area contributed by atoms with Crippen molar-refractivity contribution in [3.8, 4) is 0 Å². The molecule has 2 N–H and O–H groups in total. The summed E-state index contributed by atoms with van der Waals surface area (Å²) in [4.78, 5) is 16.3. The summed E-state index contributed by atoms with van der Waals surface area (Å²) in [5.74, 6) is -0.0455. The Morgan fingerprint density at radius 2 is 1.91 bits per heavy atom. The lowest BCUT2D eigenvalue weighted by Crippen LogP contribution is -2.43. The zero-order valence-corrected chi connectivity index (χ0v) is 23.2. The molecule has 35 heavy (non-hydrogen) atoms. The average Bonchev–Trinajstić information content (AvgIpc) is 2.89. The number of amides is 1. The number of anilines is 3. The molecule has 1 saturated heterocycles. The fraction of sp³-hybridized carbons (Fsp3) is 0.500. The molecule has 1 heterocycles. The van der Waals surface area contributed by atoms with Crippen LogP contribution < -0.4 is 19.8 Å². The molecule has 2 aromatic rings. The molecule has 0 aliphatic carbocycles. The molecule has 0 unspecified atom stereocenters. The van der Waals surface area contributed by atoms with E-state index in [2.05, 4.69) is 22.5 Å². The number of hydrogen-bond donors (Lipinski definition) is 2. The van der Waals surface area contributed by atoms with Crippen LogP contribution in [0.1, 0.15) is 49.4 Å². The third-order valence-electron chi connectivity index (χ3n) is 6.12. The smallest absolute Gasteiger partial charge is 0.257 e. The Labute approximate surface area is 222 Å². The summed E-state index contributed by atoms with van der Waals surface area (Å²) in [5.41, 5.74) is 2.35. The molecule has 5 nitrogen and oxygen atoms in total. The number of carbonyl (C=O) groups is 1. The molecule has 0 bridgehead atoms. The summed E-state index contributed by atoms with van der Waals surface area (Å²) in [6, 6.07) is 9.29. The SMILES string of the molecule is CCCCCCCSc1ccc(NC(=O)c2cc(N3CCNCC3)ccc2N(C)SC)c(F)c1Cl. The fourth-order valence-electron chi connectivity index (χ4n) is 4.02. The number of hydrogen-bond acceptors (Lipinski definition) is 6. The van der Waals surface area contributed by atoms with Gasteiger partial charge in [-0.15, -0.1) is 11.8 Å². The monoisotopic (exact) mass is 538 g/mol. The van der Waals surface area contributed by atoms with Gasteiger partial charge in [0.05, 0.1) is 22.0 Å². The first kappa shape index (κ1) is 28.0. The Bertz CT molecular complexity index is 988. The molecule has 0 aromatic heterocycles. The molecule has 0 atom stereocenters. The first-order valence-corrected chi connectivity index (χ1v) is 14.8. The minimum absolute atomic E-state index is 0.0670. The number of carbonyl (C=O) groups excluding carboxylic acids is 1. The van der Waals surface area contributed by atoms with E-state index in [1.54, 1.807) is 23.9 Å². The summed E-state index contributed by atoms with van der Waals surface area (Å²) >= 11 is 9.43. The van der Waals surface area contributed by atoms with Crippen molar-refractivity contribution < 1.29 is 9.18 Å². The summed E-state index contributed by atoms with van der Waals surface area (Å²) in [5, 5.41) is 6.17. The van der Waals surface area contributed by atoms with Crippen molar-refractivity contribution in [3.05, 3.63) is 46.7 Å². The molecule has 192 valence electrons. The van der Waals surface area contributed by atoms with Crippen molar-refractivity contribution in [1.29, 1.82) is 0 Å².